The highest BCUT2D eigenvalue weighted by Gasteiger charge is 2.19. The minimum absolute atomic E-state index is 0.0620. The molecule has 4 rings (SSSR count). The van der Waals surface area contributed by atoms with Crippen LogP contribution < -0.4 is 24.8 Å². The summed E-state index contributed by atoms with van der Waals surface area (Å²) >= 11 is 0. The van der Waals surface area contributed by atoms with Crippen molar-refractivity contribution in [2.24, 2.45) is 4.99 Å². The summed E-state index contributed by atoms with van der Waals surface area (Å²) in [7, 11) is 1.59. The van der Waals surface area contributed by atoms with Gasteiger partial charge < -0.3 is 24.3 Å². The number of rotatable bonds is 5. The molecule has 0 bridgehead atoms. The fraction of sp³-hybridized carbons (Fsp3) is 0.333. The number of benzene rings is 2. The number of amides is 1. The number of aliphatic imine (C=N–C) groups is 1. The van der Waals surface area contributed by atoms with Crippen molar-refractivity contribution in [1.82, 2.24) is 5.32 Å². The van der Waals surface area contributed by atoms with Crippen molar-refractivity contribution in [2.75, 3.05) is 32.4 Å². The molecule has 2 N–H and O–H groups in total. The van der Waals surface area contributed by atoms with E-state index in [-0.39, 0.29) is 18.8 Å². The van der Waals surface area contributed by atoms with Crippen molar-refractivity contribution in [2.45, 2.75) is 18.9 Å². The van der Waals surface area contributed by atoms with Crippen LogP contribution >= 0.6 is 0 Å². The maximum Gasteiger partial charge on any atom is 0.258 e. The highest BCUT2D eigenvalue weighted by Crippen LogP contribution is 2.32. The van der Waals surface area contributed by atoms with E-state index in [0.717, 1.165) is 19.4 Å². The number of nitrogens with zero attached hydrogens (tertiary/aromatic N) is 1. The van der Waals surface area contributed by atoms with Crippen molar-refractivity contribution >= 4 is 17.6 Å². The molecule has 0 spiro atoms. The van der Waals surface area contributed by atoms with E-state index in [1.54, 1.807) is 25.3 Å². The van der Waals surface area contributed by atoms with Crippen LogP contribution in [0.4, 0.5) is 5.69 Å². The summed E-state index contributed by atoms with van der Waals surface area (Å²) in [6.07, 6.45) is 2.05. The first-order chi connectivity index (χ1) is 14.2. The summed E-state index contributed by atoms with van der Waals surface area (Å²) in [5.74, 6) is 1.84. The monoisotopic (exact) mass is 397 g/mol. The minimum Gasteiger partial charge on any atom is -0.495 e. The van der Waals surface area contributed by atoms with Crippen LogP contribution in [0.15, 0.2) is 47.5 Å². The molecule has 1 amide bonds. The quantitative estimate of drug-likeness (QED) is 0.596. The number of methoxy groups -OCH3 is 1. The number of hydrogen-bond acceptors (Lipinski definition) is 6. The van der Waals surface area contributed by atoms with E-state index in [9.17, 15) is 4.79 Å². The lowest BCUT2D eigenvalue weighted by molar-refractivity contribution is 0.0975. The van der Waals surface area contributed by atoms with Crippen LogP contribution in [0.2, 0.25) is 0 Å². The fourth-order valence-corrected chi connectivity index (χ4v) is 3.18. The van der Waals surface area contributed by atoms with Gasteiger partial charge in [-0.15, -0.1) is 0 Å². The van der Waals surface area contributed by atoms with E-state index in [4.69, 9.17) is 18.9 Å². The third-order valence-electron chi connectivity index (χ3n) is 4.70. The molecular formula is C21H23N3O5. The number of guanidine groups is 1. The Kier molecular flexibility index (Phi) is 5.81. The highest BCUT2D eigenvalue weighted by atomic mass is 16.7. The van der Waals surface area contributed by atoms with Gasteiger partial charge in [-0.3, -0.25) is 10.1 Å². The predicted octanol–water partition coefficient (Wildman–Crippen LogP) is 2.80. The summed E-state index contributed by atoms with van der Waals surface area (Å²) in [5, 5.41) is 6.00. The van der Waals surface area contributed by atoms with Gasteiger partial charge in [0.05, 0.1) is 25.4 Å². The molecule has 2 aromatic rings. The zero-order valence-electron chi connectivity index (χ0n) is 16.1. The molecule has 152 valence electrons. The third-order valence-corrected chi connectivity index (χ3v) is 4.70. The first-order valence-electron chi connectivity index (χ1n) is 9.50. The predicted molar refractivity (Wildman–Crippen MR) is 108 cm³/mol. The van der Waals surface area contributed by atoms with Crippen molar-refractivity contribution in [3.63, 3.8) is 0 Å². The van der Waals surface area contributed by atoms with E-state index in [1.807, 2.05) is 24.3 Å². The highest BCUT2D eigenvalue weighted by molar-refractivity contribution is 6.10. The Morgan fingerprint density at radius 1 is 1.21 bits per heavy atom. The van der Waals surface area contributed by atoms with Crippen molar-refractivity contribution in [3.8, 4) is 17.2 Å². The van der Waals surface area contributed by atoms with E-state index >= 15 is 0 Å². The summed E-state index contributed by atoms with van der Waals surface area (Å²) in [6.45, 7) is 1.36. The number of anilines is 1. The van der Waals surface area contributed by atoms with Crippen LogP contribution in [-0.2, 0) is 4.74 Å². The molecular weight excluding hydrogens is 374 g/mol. The molecule has 1 saturated heterocycles. The van der Waals surface area contributed by atoms with E-state index in [0.29, 0.717) is 41.0 Å². The molecule has 0 saturated carbocycles. The normalized spacial score (nSPS) is 17.8. The summed E-state index contributed by atoms with van der Waals surface area (Å²) in [6, 6.07) is 12.5. The Hall–Kier alpha value is -3.26. The minimum atomic E-state index is -0.309. The molecule has 1 fully saturated rings. The Morgan fingerprint density at radius 3 is 2.90 bits per heavy atom. The lowest BCUT2D eigenvalue weighted by Crippen LogP contribution is -2.36. The summed E-state index contributed by atoms with van der Waals surface area (Å²) in [4.78, 5) is 17.4. The lowest BCUT2D eigenvalue weighted by Gasteiger charge is -2.15. The maximum absolute atomic E-state index is 12.8. The average Bonchev–Trinajstić information content (AvgIpc) is 3.43. The van der Waals surface area contributed by atoms with Gasteiger partial charge in [0.1, 0.15) is 5.75 Å². The smallest absolute Gasteiger partial charge is 0.258 e. The van der Waals surface area contributed by atoms with Gasteiger partial charge in [-0.25, -0.2) is 4.99 Å². The molecule has 2 aliphatic heterocycles. The standard InChI is InChI=1S/C21H23N3O5/c1-26-17-7-3-2-6-16(17)23-21(22-12-15-5-4-10-27-15)24-20(25)14-8-9-18-19(11-14)29-13-28-18/h2-3,6-9,11,15H,4-5,10,12-13H2,1H3,(H2,22,23,24,25)/t15-/m0/s1. The zero-order chi connectivity index (χ0) is 20.1. The van der Waals surface area contributed by atoms with Crippen molar-refractivity contribution in [1.29, 1.82) is 0 Å². The molecule has 0 aromatic heterocycles. The topological polar surface area (TPSA) is 90.4 Å². The number of ether oxygens (including phenoxy) is 4. The fourth-order valence-electron chi connectivity index (χ4n) is 3.18. The second kappa shape index (κ2) is 8.83. The van der Waals surface area contributed by atoms with Crippen LogP contribution in [0.1, 0.15) is 23.2 Å². The van der Waals surface area contributed by atoms with Crippen LogP contribution in [0.5, 0.6) is 17.2 Å². The first kappa shape index (κ1) is 19.1. The van der Waals surface area contributed by atoms with Crippen LogP contribution in [0.3, 0.4) is 0 Å². The SMILES string of the molecule is COc1ccccc1NC(=NC[C@@H]1CCCO1)NC(=O)c1ccc2c(c1)OCO2. The molecule has 2 aromatic carbocycles. The van der Waals surface area contributed by atoms with E-state index in [2.05, 4.69) is 15.6 Å². The van der Waals surface area contributed by atoms with Gasteiger partial charge in [0.2, 0.25) is 12.8 Å². The zero-order valence-corrected chi connectivity index (χ0v) is 16.1. The van der Waals surface area contributed by atoms with Gasteiger partial charge in [0, 0.05) is 12.2 Å². The van der Waals surface area contributed by atoms with Crippen LogP contribution in [-0.4, -0.2) is 45.0 Å². The summed E-state index contributed by atoms with van der Waals surface area (Å²) in [5.41, 5.74) is 1.15. The number of para-hydroxylation sites is 2. The Bertz CT molecular complexity index is 909. The van der Waals surface area contributed by atoms with Crippen LogP contribution in [0, 0.1) is 0 Å². The average molecular weight is 397 g/mol. The van der Waals surface area contributed by atoms with Gasteiger partial charge in [0.25, 0.3) is 5.91 Å². The van der Waals surface area contributed by atoms with Gasteiger partial charge in [-0.1, -0.05) is 12.1 Å². The van der Waals surface area contributed by atoms with E-state index in [1.165, 1.54) is 0 Å². The Balaban J connectivity index is 1.52. The molecule has 2 heterocycles. The first-order valence-corrected chi connectivity index (χ1v) is 9.50. The number of carbonyl (C=O) groups is 1. The Morgan fingerprint density at radius 2 is 2.07 bits per heavy atom. The molecule has 29 heavy (non-hydrogen) atoms. The molecule has 2 aliphatic rings. The molecule has 1 atom stereocenters. The third kappa shape index (κ3) is 4.60. The molecule has 0 aliphatic carbocycles. The molecule has 0 radical (unpaired) electrons. The summed E-state index contributed by atoms with van der Waals surface area (Å²) < 4.78 is 21.7. The largest absolute Gasteiger partial charge is 0.495 e. The van der Waals surface area contributed by atoms with Crippen LogP contribution in [0.25, 0.3) is 0 Å². The van der Waals surface area contributed by atoms with E-state index < -0.39 is 0 Å². The van der Waals surface area contributed by atoms with Gasteiger partial charge in [-0.2, -0.15) is 0 Å². The van der Waals surface area contributed by atoms with Crippen molar-refractivity contribution < 1.29 is 23.7 Å². The van der Waals surface area contributed by atoms with Gasteiger partial charge in [-0.05, 0) is 43.2 Å². The number of nitrogens with one attached hydrogen (secondary N) is 2. The van der Waals surface area contributed by atoms with Crippen molar-refractivity contribution in [3.05, 3.63) is 48.0 Å². The number of carbonyl (C=O) groups excluding carboxylic acids is 1. The van der Waals surface area contributed by atoms with Gasteiger partial charge in [0.15, 0.2) is 11.5 Å². The van der Waals surface area contributed by atoms with Gasteiger partial charge >= 0.3 is 0 Å². The molecule has 8 nitrogen and oxygen atoms in total. The number of fused-ring (bicyclic) bond motifs is 1. The molecule has 8 heteroatoms. The molecule has 0 unspecified atom stereocenters. The second-order valence-corrected chi connectivity index (χ2v) is 6.67. The Labute approximate surface area is 168 Å². The number of hydrogen-bond donors (Lipinski definition) is 2. The lowest BCUT2D eigenvalue weighted by atomic mass is 10.2. The second-order valence-electron chi connectivity index (χ2n) is 6.67. The maximum atomic E-state index is 12.8.